The van der Waals surface area contributed by atoms with Gasteiger partial charge in [0.05, 0.1) is 6.61 Å². The van der Waals surface area contributed by atoms with Gasteiger partial charge in [-0.2, -0.15) is 0 Å². The number of benzene rings is 1. The Morgan fingerprint density at radius 3 is 3.12 bits per heavy atom. The van der Waals surface area contributed by atoms with Gasteiger partial charge in [-0.05, 0) is 42.6 Å². The average Bonchev–Trinajstić information content (AvgIpc) is 2.76. The van der Waals surface area contributed by atoms with Crippen molar-refractivity contribution in [3.8, 4) is 5.75 Å². The van der Waals surface area contributed by atoms with E-state index in [-0.39, 0.29) is 0 Å². The molecule has 1 heterocycles. The molecule has 1 unspecified atom stereocenters. The highest BCUT2D eigenvalue weighted by Crippen LogP contribution is 2.29. The monoisotopic (exact) mass is 219 g/mol. The zero-order valence-corrected chi connectivity index (χ0v) is 10.3. The van der Waals surface area contributed by atoms with Crippen molar-refractivity contribution in [1.29, 1.82) is 0 Å². The van der Waals surface area contributed by atoms with Gasteiger partial charge in [0, 0.05) is 6.42 Å². The van der Waals surface area contributed by atoms with Crippen LogP contribution >= 0.6 is 0 Å². The largest absolute Gasteiger partial charge is 0.493 e. The first-order valence-corrected chi connectivity index (χ1v) is 6.27. The molecule has 1 aliphatic rings. The highest BCUT2D eigenvalue weighted by molar-refractivity contribution is 5.40. The minimum atomic E-state index is 0.630. The molecule has 0 radical (unpaired) electrons. The normalized spacial score (nSPS) is 15.6. The van der Waals surface area contributed by atoms with Crippen LogP contribution in [0.25, 0.3) is 0 Å². The molecule has 0 aromatic heterocycles. The van der Waals surface area contributed by atoms with Crippen LogP contribution in [0, 0.1) is 0 Å². The molecule has 1 N–H and O–H groups in total. The summed E-state index contributed by atoms with van der Waals surface area (Å²) in [7, 11) is 0. The van der Waals surface area contributed by atoms with Gasteiger partial charge in [-0.25, -0.2) is 0 Å². The summed E-state index contributed by atoms with van der Waals surface area (Å²) < 4.78 is 5.52. The van der Waals surface area contributed by atoms with Crippen LogP contribution in [0.3, 0.4) is 0 Å². The Kier molecular flexibility index (Phi) is 3.83. The molecule has 1 atom stereocenters. The van der Waals surface area contributed by atoms with E-state index in [1.165, 1.54) is 17.5 Å². The number of ether oxygens (including phenoxy) is 1. The van der Waals surface area contributed by atoms with Crippen molar-refractivity contribution in [2.75, 3.05) is 19.7 Å². The molecule has 1 aromatic carbocycles. The lowest BCUT2D eigenvalue weighted by Crippen LogP contribution is -2.15. The molecule has 16 heavy (non-hydrogen) atoms. The fourth-order valence-corrected chi connectivity index (χ4v) is 2.18. The van der Waals surface area contributed by atoms with Crippen LogP contribution in [0.2, 0.25) is 0 Å². The number of hydrogen-bond acceptors (Lipinski definition) is 2. The van der Waals surface area contributed by atoms with Crippen LogP contribution in [-0.4, -0.2) is 19.7 Å². The molecule has 0 aliphatic carbocycles. The minimum Gasteiger partial charge on any atom is -0.493 e. The maximum absolute atomic E-state index is 5.52. The standard InChI is InChI=1S/C14H21NO/c1-3-15-8-6-11(2)12-4-5-14-13(10-12)7-9-16-14/h4-5,10-11,15H,3,6-9H2,1-2H3. The molecule has 0 fully saturated rings. The molecule has 2 rings (SSSR count). The zero-order chi connectivity index (χ0) is 11.4. The molecule has 0 bridgehead atoms. The van der Waals surface area contributed by atoms with Crippen LogP contribution in [0.1, 0.15) is 37.3 Å². The summed E-state index contributed by atoms with van der Waals surface area (Å²) in [5, 5.41) is 3.38. The van der Waals surface area contributed by atoms with Crippen molar-refractivity contribution in [1.82, 2.24) is 5.32 Å². The van der Waals surface area contributed by atoms with Gasteiger partial charge in [0.2, 0.25) is 0 Å². The third-order valence-electron chi connectivity index (χ3n) is 3.29. The highest BCUT2D eigenvalue weighted by Gasteiger charge is 2.14. The van der Waals surface area contributed by atoms with Crippen LogP contribution in [0.4, 0.5) is 0 Å². The van der Waals surface area contributed by atoms with E-state index in [0.29, 0.717) is 5.92 Å². The Labute approximate surface area is 98.0 Å². The second-order valence-electron chi connectivity index (χ2n) is 4.51. The van der Waals surface area contributed by atoms with Gasteiger partial charge in [-0.3, -0.25) is 0 Å². The Bertz CT molecular complexity index is 349. The molecular weight excluding hydrogens is 198 g/mol. The fraction of sp³-hybridized carbons (Fsp3) is 0.571. The van der Waals surface area contributed by atoms with Crippen LogP contribution < -0.4 is 10.1 Å². The molecule has 1 aliphatic heterocycles. The molecular formula is C14H21NO. The summed E-state index contributed by atoms with van der Waals surface area (Å²) in [6, 6.07) is 6.65. The molecule has 88 valence electrons. The SMILES string of the molecule is CCNCCC(C)c1ccc2c(c1)CCO2. The van der Waals surface area contributed by atoms with Gasteiger partial charge in [0.1, 0.15) is 5.75 Å². The number of rotatable bonds is 5. The van der Waals surface area contributed by atoms with Crippen molar-refractivity contribution in [3.63, 3.8) is 0 Å². The smallest absolute Gasteiger partial charge is 0.122 e. The maximum Gasteiger partial charge on any atom is 0.122 e. The first-order chi connectivity index (χ1) is 7.81. The van der Waals surface area contributed by atoms with E-state index in [1.54, 1.807) is 0 Å². The van der Waals surface area contributed by atoms with E-state index in [9.17, 15) is 0 Å². The summed E-state index contributed by atoms with van der Waals surface area (Å²) in [5.41, 5.74) is 2.83. The van der Waals surface area contributed by atoms with Gasteiger partial charge >= 0.3 is 0 Å². The third-order valence-corrected chi connectivity index (χ3v) is 3.29. The number of hydrogen-bond donors (Lipinski definition) is 1. The maximum atomic E-state index is 5.52. The van der Waals surface area contributed by atoms with Gasteiger partial charge in [-0.15, -0.1) is 0 Å². The van der Waals surface area contributed by atoms with Crippen LogP contribution in [-0.2, 0) is 6.42 Å². The minimum absolute atomic E-state index is 0.630. The van der Waals surface area contributed by atoms with E-state index in [1.807, 2.05) is 0 Å². The van der Waals surface area contributed by atoms with Gasteiger partial charge in [0.15, 0.2) is 0 Å². The average molecular weight is 219 g/mol. The van der Waals surface area contributed by atoms with Crippen LogP contribution in [0.15, 0.2) is 18.2 Å². The zero-order valence-electron chi connectivity index (χ0n) is 10.3. The van der Waals surface area contributed by atoms with E-state index >= 15 is 0 Å². The Hall–Kier alpha value is -1.02. The predicted octanol–water partition coefficient (Wildman–Crippen LogP) is 2.72. The summed E-state index contributed by atoms with van der Waals surface area (Å²) in [4.78, 5) is 0. The number of fused-ring (bicyclic) bond motifs is 1. The molecule has 2 nitrogen and oxygen atoms in total. The van der Waals surface area contributed by atoms with E-state index < -0.39 is 0 Å². The second kappa shape index (κ2) is 5.35. The summed E-state index contributed by atoms with van der Waals surface area (Å²) in [6.07, 6.45) is 2.27. The van der Waals surface area contributed by atoms with E-state index in [2.05, 4.69) is 37.4 Å². The number of nitrogens with one attached hydrogen (secondary N) is 1. The Morgan fingerprint density at radius 1 is 1.44 bits per heavy atom. The molecule has 1 aromatic rings. The molecule has 2 heteroatoms. The lowest BCUT2D eigenvalue weighted by atomic mass is 9.95. The first kappa shape index (κ1) is 11.5. The van der Waals surface area contributed by atoms with E-state index in [0.717, 1.165) is 31.9 Å². The first-order valence-electron chi connectivity index (χ1n) is 6.27. The van der Waals surface area contributed by atoms with Crippen molar-refractivity contribution in [3.05, 3.63) is 29.3 Å². The molecule has 0 saturated heterocycles. The molecule has 0 saturated carbocycles. The highest BCUT2D eigenvalue weighted by atomic mass is 16.5. The summed E-state index contributed by atoms with van der Waals surface area (Å²) in [6.45, 7) is 7.47. The van der Waals surface area contributed by atoms with Crippen molar-refractivity contribution in [2.45, 2.75) is 32.6 Å². The van der Waals surface area contributed by atoms with Crippen molar-refractivity contribution in [2.24, 2.45) is 0 Å². The Morgan fingerprint density at radius 2 is 2.31 bits per heavy atom. The van der Waals surface area contributed by atoms with Gasteiger partial charge in [0.25, 0.3) is 0 Å². The van der Waals surface area contributed by atoms with Crippen molar-refractivity contribution < 1.29 is 4.74 Å². The quantitative estimate of drug-likeness (QED) is 0.769. The Balaban J connectivity index is 1.98. The van der Waals surface area contributed by atoms with E-state index in [4.69, 9.17) is 4.74 Å². The summed E-state index contributed by atoms with van der Waals surface area (Å²) >= 11 is 0. The van der Waals surface area contributed by atoms with Gasteiger partial charge < -0.3 is 10.1 Å². The fourth-order valence-electron chi connectivity index (χ4n) is 2.18. The van der Waals surface area contributed by atoms with Crippen molar-refractivity contribution >= 4 is 0 Å². The third kappa shape index (κ3) is 2.56. The predicted molar refractivity (Wildman–Crippen MR) is 67.2 cm³/mol. The molecule has 0 spiro atoms. The molecule has 0 amide bonds. The second-order valence-corrected chi connectivity index (χ2v) is 4.51. The van der Waals surface area contributed by atoms with Gasteiger partial charge in [-0.1, -0.05) is 26.0 Å². The lowest BCUT2D eigenvalue weighted by molar-refractivity contribution is 0.357. The van der Waals surface area contributed by atoms with Crippen LogP contribution in [0.5, 0.6) is 5.75 Å². The topological polar surface area (TPSA) is 21.3 Å². The summed E-state index contributed by atoms with van der Waals surface area (Å²) in [5.74, 6) is 1.72. The lowest BCUT2D eigenvalue weighted by Gasteiger charge is -2.13.